The number of rotatable bonds is 2. The minimum Gasteiger partial charge on any atom is -0.481 e. The highest BCUT2D eigenvalue weighted by molar-refractivity contribution is 5.90. The van der Waals surface area contributed by atoms with Crippen LogP contribution in [0.3, 0.4) is 0 Å². The zero-order chi connectivity index (χ0) is 24.9. The van der Waals surface area contributed by atoms with E-state index in [4.69, 9.17) is 0 Å². The molecule has 4 nitrogen and oxygen atoms in total. The summed E-state index contributed by atoms with van der Waals surface area (Å²) in [5.74, 6) is 1.69. The van der Waals surface area contributed by atoms with Crippen LogP contribution in [-0.4, -0.2) is 22.0 Å². The van der Waals surface area contributed by atoms with E-state index in [1.165, 1.54) is 24.8 Å². The molecule has 0 aromatic heterocycles. The van der Waals surface area contributed by atoms with Gasteiger partial charge in [-0.3, -0.25) is 4.79 Å². The van der Waals surface area contributed by atoms with Gasteiger partial charge in [-0.25, -0.2) is 0 Å². The molecule has 0 unspecified atom stereocenters. The third-order valence-corrected chi connectivity index (χ3v) is 13.4. The van der Waals surface area contributed by atoms with Gasteiger partial charge in [-0.05, 0) is 117 Å². The van der Waals surface area contributed by atoms with Crippen molar-refractivity contribution < 1.29 is 15.1 Å². The second kappa shape index (κ2) is 7.35. The van der Waals surface area contributed by atoms with E-state index in [2.05, 4.69) is 53.3 Å². The molecule has 5 rings (SSSR count). The number of fused-ring (bicyclic) bond motifs is 7. The quantitative estimate of drug-likeness (QED) is 0.249. The molecule has 5 saturated carbocycles. The number of carboxylic acids is 1. The number of carboxylic acid groups (broad SMARTS) is 1. The van der Waals surface area contributed by atoms with Crippen molar-refractivity contribution in [2.75, 3.05) is 0 Å². The van der Waals surface area contributed by atoms with Crippen LogP contribution in [0.25, 0.3) is 0 Å². The van der Waals surface area contributed by atoms with Gasteiger partial charge in [0.1, 0.15) is 0 Å². The van der Waals surface area contributed by atoms with E-state index in [1.807, 2.05) is 0 Å². The van der Waals surface area contributed by atoms with E-state index < -0.39 is 11.4 Å². The van der Waals surface area contributed by atoms with E-state index in [-0.39, 0.29) is 27.6 Å². The Labute approximate surface area is 206 Å². The standard InChI is InChI=1S/C30H47NO3/c1-18(2)19-10-15-30(25(32)33)17-16-28(6)20(24(19)30)8-9-22-27(5)13-12-23(31-34)26(3,4)21(27)11-14-29(22,28)7/h19-22,24,34H,1,8-17H2,2-7H3,(H,32,33)/b31-23+/t19-,20-,21-,22+,24-,27-,28+,29+,30+/m0/s1. The molecule has 34 heavy (non-hydrogen) atoms. The Morgan fingerprint density at radius 3 is 2.24 bits per heavy atom. The molecule has 2 N–H and O–H groups in total. The van der Waals surface area contributed by atoms with Gasteiger partial charge < -0.3 is 10.3 Å². The van der Waals surface area contributed by atoms with Crippen LogP contribution in [0.15, 0.2) is 17.3 Å². The van der Waals surface area contributed by atoms with Crippen molar-refractivity contribution >= 4 is 11.7 Å². The maximum absolute atomic E-state index is 12.8. The molecule has 0 aromatic carbocycles. The SMILES string of the molecule is C=C(C)[C@@H]1CC[C@@]2(C(=O)O)CC[C@]3(C)[C@@H](CC[C@@H]4[C@@]5(C)CC/C(=N\O)C(C)(C)[C@@H]5CC[C@]43C)[C@H]12. The lowest BCUT2D eigenvalue weighted by Gasteiger charge is -2.72. The molecule has 190 valence electrons. The van der Waals surface area contributed by atoms with Crippen LogP contribution in [0, 0.1) is 56.7 Å². The number of hydrogen-bond acceptors (Lipinski definition) is 3. The minimum atomic E-state index is -0.545. The summed E-state index contributed by atoms with van der Waals surface area (Å²) in [6, 6.07) is 0. The van der Waals surface area contributed by atoms with Crippen molar-refractivity contribution in [1.82, 2.24) is 0 Å². The van der Waals surface area contributed by atoms with Crippen molar-refractivity contribution in [2.45, 2.75) is 106 Å². The van der Waals surface area contributed by atoms with E-state index in [1.54, 1.807) is 0 Å². The van der Waals surface area contributed by atoms with Crippen LogP contribution in [0.4, 0.5) is 0 Å². The molecule has 5 aliphatic carbocycles. The first-order valence-corrected chi connectivity index (χ1v) is 13.9. The second-order valence-electron chi connectivity index (χ2n) is 14.4. The monoisotopic (exact) mass is 469 g/mol. The summed E-state index contributed by atoms with van der Waals surface area (Å²) >= 11 is 0. The Kier molecular flexibility index (Phi) is 5.27. The zero-order valence-corrected chi connectivity index (χ0v) is 22.4. The Bertz CT molecular complexity index is 937. The molecule has 5 fully saturated rings. The lowest BCUT2D eigenvalue weighted by Crippen LogP contribution is -2.66. The first-order chi connectivity index (χ1) is 15.8. The molecule has 0 aliphatic heterocycles. The number of nitrogens with zero attached hydrogens (tertiary/aromatic N) is 1. The molecule has 0 bridgehead atoms. The van der Waals surface area contributed by atoms with Crippen molar-refractivity contribution in [3.05, 3.63) is 12.2 Å². The first-order valence-electron chi connectivity index (χ1n) is 13.9. The molecule has 4 heteroatoms. The summed E-state index contributed by atoms with van der Waals surface area (Å²) in [6.07, 6.45) is 10.5. The van der Waals surface area contributed by atoms with Crippen molar-refractivity contribution in [3.63, 3.8) is 0 Å². The van der Waals surface area contributed by atoms with Gasteiger partial charge in [0.2, 0.25) is 0 Å². The topological polar surface area (TPSA) is 69.9 Å². The Morgan fingerprint density at radius 2 is 1.62 bits per heavy atom. The highest BCUT2D eigenvalue weighted by atomic mass is 16.4. The Morgan fingerprint density at radius 1 is 0.912 bits per heavy atom. The number of allylic oxidation sites excluding steroid dienone is 1. The molecule has 0 saturated heterocycles. The van der Waals surface area contributed by atoms with Crippen LogP contribution in [0.1, 0.15) is 106 Å². The summed E-state index contributed by atoms with van der Waals surface area (Å²) in [5.41, 5.74) is 2.20. The minimum absolute atomic E-state index is 0.0671. The fourth-order valence-electron chi connectivity index (χ4n) is 11.5. The maximum atomic E-state index is 12.8. The third-order valence-electron chi connectivity index (χ3n) is 13.4. The Balaban J connectivity index is 1.56. The Hall–Kier alpha value is -1.32. The number of oxime groups is 1. The lowest BCUT2D eigenvalue weighted by molar-refractivity contribution is -0.230. The van der Waals surface area contributed by atoms with Gasteiger partial charge in [0.05, 0.1) is 11.1 Å². The first kappa shape index (κ1) is 24.4. The van der Waals surface area contributed by atoms with Gasteiger partial charge in [-0.2, -0.15) is 0 Å². The highest BCUT2D eigenvalue weighted by Crippen LogP contribution is 2.77. The zero-order valence-electron chi connectivity index (χ0n) is 22.4. The van der Waals surface area contributed by atoms with Gasteiger partial charge in [0.15, 0.2) is 0 Å². The molecular weight excluding hydrogens is 422 g/mol. The van der Waals surface area contributed by atoms with Crippen LogP contribution in [0.2, 0.25) is 0 Å². The van der Waals surface area contributed by atoms with Crippen LogP contribution in [-0.2, 0) is 4.79 Å². The summed E-state index contributed by atoms with van der Waals surface area (Å²) in [6.45, 7) is 18.8. The van der Waals surface area contributed by atoms with Gasteiger partial charge in [-0.15, -0.1) is 0 Å². The molecule has 0 heterocycles. The molecule has 0 aromatic rings. The summed E-state index contributed by atoms with van der Waals surface area (Å²) in [7, 11) is 0. The number of aliphatic carboxylic acids is 1. The van der Waals surface area contributed by atoms with Gasteiger partial charge in [-0.1, -0.05) is 51.9 Å². The van der Waals surface area contributed by atoms with E-state index in [9.17, 15) is 15.1 Å². The molecular formula is C30H47NO3. The third kappa shape index (κ3) is 2.72. The van der Waals surface area contributed by atoms with Crippen molar-refractivity contribution in [2.24, 2.45) is 61.8 Å². The van der Waals surface area contributed by atoms with Gasteiger partial charge in [0.25, 0.3) is 0 Å². The lowest BCUT2D eigenvalue weighted by atomic mass is 9.32. The summed E-state index contributed by atoms with van der Waals surface area (Å²) in [4.78, 5) is 12.8. The van der Waals surface area contributed by atoms with Gasteiger partial charge in [0, 0.05) is 5.41 Å². The number of carbonyl (C=O) groups is 1. The highest BCUT2D eigenvalue weighted by Gasteiger charge is 2.71. The van der Waals surface area contributed by atoms with Crippen LogP contribution < -0.4 is 0 Å². The fraction of sp³-hybridized carbons (Fsp3) is 0.867. The van der Waals surface area contributed by atoms with Crippen molar-refractivity contribution in [1.29, 1.82) is 0 Å². The molecule has 5 aliphatic rings. The largest absolute Gasteiger partial charge is 0.481 e. The van der Waals surface area contributed by atoms with Crippen LogP contribution >= 0.6 is 0 Å². The normalized spacial score (nSPS) is 52.8. The average Bonchev–Trinajstić information content (AvgIpc) is 3.15. The fourth-order valence-corrected chi connectivity index (χ4v) is 11.5. The predicted molar refractivity (Wildman–Crippen MR) is 136 cm³/mol. The maximum Gasteiger partial charge on any atom is 0.309 e. The predicted octanol–water partition coefficient (Wildman–Crippen LogP) is 7.56. The molecule has 0 amide bonds. The summed E-state index contributed by atoms with van der Waals surface area (Å²) < 4.78 is 0. The smallest absolute Gasteiger partial charge is 0.309 e. The van der Waals surface area contributed by atoms with E-state index in [0.717, 1.165) is 50.7 Å². The second-order valence-corrected chi connectivity index (χ2v) is 14.4. The molecule has 0 radical (unpaired) electrons. The summed E-state index contributed by atoms with van der Waals surface area (Å²) in [5, 5.41) is 24.0. The van der Waals surface area contributed by atoms with E-state index in [0.29, 0.717) is 23.7 Å². The van der Waals surface area contributed by atoms with Crippen molar-refractivity contribution in [3.8, 4) is 0 Å². The van der Waals surface area contributed by atoms with Gasteiger partial charge >= 0.3 is 5.97 Å². The number of hydrogen-bond donors (Lipinski definition) is 2. The molecule has 0 spiro atoms. The van der Waals surface area contributed by atoms with E-state index >= 15 is 0 Å². The van der Waals surface area contributed by atoms with Crippen LogP contribution in [0.5, 0.6) is 0 Å². The average molecular weight is 470 g/mol. The molecule has 9 atom stereocenters.